The Bertz CT molecular complexity index is 1130. The second-order valence-corrected chi connectivity index (χ2v) is 7.50. The summed E-state index contributed by atoms with van der Waals surface area (Å²) in [4.78, 5) is 30.3. The maximum atomic E-state index is 13.2. The number of fused-ring (bicyclic) bond motifs is 1. The number of aromatic nitrogens is 2. The molecule has 0 aliphatic rings. The third kappa shape index (κ3) is 2.93. The van der Waals surface area contributed by atoms with E-state index in [1.807, 2.05) is 11.6 Å². The Morgan fingerprint density at radius 1 is 1.12 bits per heavy atom. The summed E-state index contributed by atoms with van der Waals surface area (Å²) in [5.41, 5.74) is 1.27. The number of Topliss-reactive ketones (excluding diaryl/α,β-unsaturated/α-hetero) is 1. The van der Waals surface area contributed by atoms with Gasteiger partial charge in [-0.2, -0.15) is 0 Å². The quantitative estimate of drug-likeness (QED) is 0.517. The predicted octanol–water partition coefficient (Wildman–Crippen LogP) is 4.72. The molecule has 1 amide bonds. The van der Waals surface area contributed by atoms with Gasteiger partial charge < -0.3 is 5.32 Å². The lowest BCUT2D eigenvalue weighted by molar-refractivity contribution is 0.101. The van der Waals surface area contributed by atoms with Crippen molar-refractivity contribution < 1.29 is 14.0 Å². The zero-order valence-electron chi connectivity index (χ0n) is 13.5. The highest BCUT2D eigenvalue weighted by Gasteiger charge is 2.19. The second kappa shape index (κ2) is 6.47. The number of carbonyl (C=O) groups is 2. The van der Waals surface area contributed by atoms with E-state index in [9.17, 15) is 14.0 Å². The van der Waals surface area contributed by atoms with Crippen LogP contribution in [0.1, 0.15) is 26.3 Å². The molecule has 8 heteroatoms. The van der Waals surface area contributed by atoms with Crippen LogP contribution in [0.3, 0.4) is 0 Å². The number of thiophene rings is 1. The Kier molecular flexibility index (Phi) is 4.14. The molecule has 0 radical (unpaired) electrons. The molecule has 0 atom stereocenters. The van der Waals surface area contributed by atoms with Crippen LogP contribution in [0.15, 0.2) is 48.0 Å². The first kappa shape index (κ1) is 16.6. The number of thiazole rings is 1. The van der Waals surface area contributed by atoms with Gasteiger partial charge in [-0.15, -0.1) is 22.7 Å². The molecule has 3 aromatic heterocycles. The lowest BCUT2D eigenvalue weighted by Gasteiger charge is -2.06. The number of imidazole rings is 1. The first-order valence-electron chi connectivity index (χ1n) is 7.66. The molecule has 5 nitrogen and oxygen atoms in total. The van der Waals surface area contributed by atoms with Gasteiger partial charge in [-0.3, -0.25) is 14.0 Å². The summed E-state index contributed by atoms with van der Waals surface area (Å²) >= 11 is 2.58. The predicted molar refractivity (Wildman–Crippen MR) is 101 cm³/mol. The Balaban J connectivity index is 1.73. The van der Waals surface area contributed by atoms with E-state index in [1.165, 1.54) is 30.4 Å². The third-order valence-electron chi connectivity index (χ3n) is 3.79. The van der Waals surface area contributed by atoms with Crippen LogP contribution >= 0.6 is 22.7 Å². The largest absolute Gasteiger partial charge is 0.305 e. The van der Waals surface area contributed by atoms with Gasteiger partial charge in [-0.1, -0.05) is 0 Å². The molecule has 0 unspecified atom stereocenters. The number of hydrogen-bond donors (Lipinski definition) is 1. The molecule has 0 saturated carbocycles. The lowest BCUT2D eigenvalue weighted by atomic mass is 10.1. The van der Waals surface area contributed by atoms with Crippen LogP contribution in [0.2, 0.25) is 0 Å². The molecule has 0 aliphatic carbocycles. The standard InChI is InChI=1S/C18H12FN3O2S2/c1-10(23)13-6-7-14(26-13)17(24)21-16-15(11-2-4-12(19)5-3-11)20-18-22(16)8-9-25-18/h2-9H,1H3,(H,21,24). The zero-order chi connectivity index (χ0) is 18.3. The highest BCUT2D eigenvalue weighted by molar-refractivity contribution is 7.16. The van der Waals surface area contributed by atoms with Crippen LogP contribution in [0, 0.1) is 5.82 Å². The van der Waals surface area contributed by atoms with Crippen molar-refractivity contribution >= 4 is 45.1 Å². The fourth-order valence-corrected chi connectivity index (χ4v) is 4.04. The molecular weight excluding hydrogens is 373 g/mol. The minimum absolute atomic E-state index is 0.0781. The van der Waals surface area contributed by atoms with Crippen molar-refractivity contribution in [1.82, 2.24) is 9.38 Å². The minimum Gasteiger partial charge on any atom is -0.305 e. The topological polar surface area (TPSA) is 63.5 Å². The number of anilines is 1. The van der Waals surface area contributed by atoms with Crippen molar-refractivity contribution in [2.75, 3.05) is 5.32 Å². The van der Waals surface area contributed by atoms with Gasteiger partial charge in [0.25, 0.3) is 5.91 Å². The van der Waals surface area contributed by atoms with Crippen molar-refractivity contribution in [2.45, 2.75) is 6.92 Å². The smallest absolute Gasteiger partial charge is 0.266 e. The first-order valence-corrected chi connectivity index (χ1v) is 9.36. The Morgan fingerprint density at radius 3 is 2.54 bits per heavy atom. The third-order valence-corrected chi connectivity index (χ3v) is 5.73. The summed E-state index contributed by atoms with van der Waals surface area (Å²) in [6, 6.07) is 9.21. The van der Waals surface area contributed by atoms with E-state index in [1.54, 1.807) is 28.7 Å². The maximum Gasteiger partial charge on any atom is 0.266 e. The number of nitrogens with zero attached hydrogens (tertiary/aromatic N) is 2. The Hall–Kier alpha value is -2.84. The van der Waals surface area contributed by atoms with Gasteiger partial charge in [-0.25, -0.2) is 9.37 Å². The molecule has 3 heterocycles. The molecule has 26 heavy (non-hydrogen) atoms. The molecule has 4 rings (SSSR count). The van der Waals surface area contributed by atoms with E-state index < -0.39 is 0 Å². The molecule has 0 fully saturated rings. The van der Waals surface area contributed by atoms with Gasteiger partial charge in [0.2, 0.25) is 0 Å². The number of halogens is 1. The van der Waals surface area contributed by atoms with Gasteiger partial charge >= 0.3 is 0 Å². The summed E-state index contributed by atoms with van der Waals surface area (Å²) < 4.78 is 15.0. The van der Waals surface area contributed by atoms with Crippen molar-refractivity contribution in [3.8, 4) is 11.3 Å². The van der Waals surface area contributed by atoms with Crippen LogP contribution in [-0.4, -0.2) is 21.1 Å². The number of hydrogen-bond acceptors (Lipinski definition) is 5. The van der Waals surface area contributed by atoms with Gasteiger partial charge in [0.05, 0.1) is 9.75 Å². The van der Waals surface area contributed by atoms with Crippen molar-refractivity contribution in [3.63, 3.8) is 0 Å². The average molecular weight is 385 g/mol. The molecular formula is C18H12FN3O2S2. The summed E-state index contributed by atoms with van der Waals surface area (Å²) in [6.07, 6.45) is 1.81. The molecule has 0 bridgehead atoms. The van der Waals surface area contributed by atoms with E-state index >= 15 is 0 Å². The van der Waals surface area contributed by atoms with E-state index in [-0.39, 0.29) is 17.5 Å². The number of nitrogens with one attached hydrogen (secondary N) is 1. The van der Waals surface area contributed by atoms with Gasteiger partial charge in [0.15, 0.2) is 10.7 Å². The minimum atomic E-state index is -0.337. The Labute approximate surface area is 155 Å². The fraction of sp³-hybridized carbons (Fsp3) is 0.0556. The monoisotopic (exact) mass is 385 g/mol. The van der Waals surface area contributed by atoms with Gasteiger partial charge in [-0.05, 0) is 43.3 Å². The van der Waals surface area contributed by atoms with E-state index in [0.29, 0.717) is 26.8 Å². The average Bonchev–Trinajstić information content (AvgIpc) is 3.32. The first-order chi connectivity index (χ1) is 12.5. The van der Waals surface area contributed by atoms with Crippen LogP contribution in [0.25, 0.3) is 16.2 Å². The number of rotatable bonds is 4. The molecule has 4 aromatic rings. The number of carbonyl (C=O) groups excluding carboxylic acids is 2. The number of benzene rings is 1. The van der Waals surface area contributed by atoms with Gasteiger partial charge in [0.1, 0.15) is 17.3 Å². The highest BCUT2D eigenvalue weighted by Crippen LogP contribution is 2.31. The number of ketones is 1. The van der Waals surface area contributed by atoms with Crippen LogP contribution in [0.5, 0.6) is 0 Å². The summed E-state index contributed by atoms with van der Waals surface area (Å²) in [5, 5.41) is 4.74. The summed E-state index contributed by atoms with van der Waals surface area (Å²) in [6.45, 7) is 1.46. The molecule has 1 aromatic carbocycles. The summed E-state index contributed by atoms with van der Waals surface area (Å²) in [7, 11) is 0. The molecule has 1 N–H and O–H groups in total. The Morgan fingerprint density at radius 2 is 1.85 bits per heavy atom. The van der Waals surface area contributed by atoms with Crippen molar-refractivity contribution in [1.29, 1.82) is 0 Å². The van der Waals surface area contributed by atoms with Crippen molar-refractivity contribution in [3.05, 3.63) is 63.5 Å². The number of amides is 1. The zero-order valence-corrected chi connectivity index (χ0v) is 15.2. The van der Waals surface area contributed by atoms with Crippen LogP contribution in [-0.2, 0) is 0 Å². The lowest BCUT2D eigenvalue weighted by Crippen LogP contribution is -2.12. The second-order valence-electron chi connectivity index (χ2n) is 5.55. The van der Waals surface area contributed by atoms with Crippen LogP contribution < -0.4 is 5.32 Å². The molecule has 130 valence electrons. The molecule has 0 spiro atoms. The summed E-state index contributed by atoms with van der Waals surface area (Å²) in [5.74, 6) is -0.226. The highest BCUT2D eigenvalue weighted by atomic mass is 32.1. The fourth-order valence-electron chi connectivity index (χ4n) is 2.53. The van der Waals surface area contributed by atoms with E-state index in [0.717, 1.165) is 16.3 Å². The van der Waals surface area contributed by atoms with Gasteiger partial charge in [0, 0.05) is 17.1 Å². The molecule has 0 saturated heterocycles. The van der Waals surface area contributed by atoms with Crippen LogP contribution in [0.4, 0.5) is 10.2 Å². The van der Waals surface area contributed by atoms with E-state index in [2.05, 4.69) is 10.3 Å². The van der Waals surface area contributed by atoms with E-state index in [4.69, 9.17) is 0 Å². The molecule has 0 aliphatic heterocycles. The maximum absolute atomic E-state index is 13.2. The SMILES string of the molecule is CC(=O)c1ccc(C(=O)Nc2c(-c3ccc(F)cc3)nc3sccn23)s1. The normalized spacial score (nSPS) is 11.0. The van der Waals surface area contributed by atoms with Crippen molar-refractivity contribution in [2.24, 2.45) is 0 Å².